The Labute approximate surface area is 212 Å². The second-order valence-electron chi connectivity index (χ2n) is 10.6. The molecule has 7 nitrogen and oxygen atoms in total. The molecule has 3 aromatic rings. The van der Waals surface area contributed by atoms with Gasteiger partial charge in [-0.25, -0.2) is 4.98 Å². The number of rotatable bonds is 9. The van der Waals surface area contributed by atoms with Crippen molar-refractivity contribution in [1.82, 2.24) is 14.5 Å². The molecule has 1 saturated carbocycles. The number of hydrogen-bond donors (Lipinski definition) is 1. The van der Waals surface area contributed by atoms with Crippen molar-refractivity contribution >= 4 is 28.5 Å². The Morgan fingerprint density at radius 3 is 2.58 bits per heavy atom. The standard InChI is InChI=1S/C29H36N4O3/c1-19(2)28(34)31-23-14-25(29(35)32(16-22-11-12-22)18-24-10-7-13-36-24)27-26(15-23)30-20(3)33(27)17-21-8-5-4-6-9-21/h4-6,8-9,14-15,19,22,24H,7,10-13,16-18H2,1-3H3,(H,31,34)/t24-/m1/s1. The zero-order chi connectivity index (χ0) is 25.2. The Bertz CT molecular complexity index is 1240. The maximum atomic E-state index is 14.2. The molecule has 2 fully saturated rings. The number of carbonyl (C=O) groups is 2. The van der Waals surface area contributed by atoms with Crippen molar-refractivity contribution in [2.45, 2.75) is 59.1 Å². The molecule has 2 heterocycles. The second kappa shape index (κ2) is 10.4. The summed E-state index contributed by atoms with van der Waals surface area (Å²) in [5, 5.41) is 2.99. The topological polar surface area (TPSA) is 76.5 Å². The van der Waals surface area contributed by atoms with Gasteiger partial charge in [0, 0.05) is 37.8 Å². The maximum absolute atomic E-state index is 14.2. The lowest BCUT2D eigenvalue weighted by Crippen LogP contribution is -2.39. The average Bonchev–Trinajstić information content (AvgIpc) is 3.42. The van der Waals surface area contributed by atoms with Crippen molar-refractivity contribution in [2.24, 2.45) is 11.8 Å². The van der Waals surface area contributed by atoms with E-state index in [1.165, 1.54) is 12.8 Å². The highest BCUT2D eigenvalue weighted by molar-refractivity contribution is 6.08. The first-order valence-corrected chi connectivity index (χ1v) is 13.2. The summed E-state index contributed by atoms with van der Waals surface area (Å²) in [5.74, 6) is 1.14. The number of imidazole rings is 1. The molecule has 190 valence electrons. The number of fused-ring (bicyclic) bond motifs is 1. The van der Waals surface area contributed by atoms with E-state index in [0.717, 1.165) is 48.4 Å². The van der Waals surface area contributed by atoms with E-state index in [2.05, 4.69) is 22.0 Å². The first-order valence-electron chi connectivity index (χ1n) is 13.2. The van der Waals surface area contributed by atoms with Crippen LogP contribution in [-0.4, -0.2) is 52.1 Å². The van der Waals surface area contributed by atoms with Gasteiger partial charge in [-0.2, -0.15) is 0 Å². The number of nitrogens with one attached hydrogen (secondary N) is 1. The largest absolute Gasteiger partial charge is 0.376 e. The number of ether oxygens (including phenoxy) is 1. The number of aromatic nitrogens is 2. The van der Waals surface area contributed by atoms with Crippen molar-refractivity contribution in [3.63, 3.8) is 0 Å². The fourth-order valence-electron chi connectivity index (χ4n) is 4.92. The molecule has 1 saturated heterocycles. The summed E-state index contributed by atoms with van der Waals surface area (Å²) in [4.78, 5) is 33.5. The van der Waals surface area contributed by atoms with Gasteiger partial charge in [-0.15, -0.1) is 0 Å². The van der Waals surface area contributed by atoms with Crippen molar-refractivity contribution in [1.29, 1.82) is 0 Å². The third-order valence-electron chi connectivity index (χ3n) is 7.15. The van der Waals surface area contributed by atoms with Crippen LogP contribution >= 0.6 is 0 Å². The van der Waals surface area contributed by atoms with E-state index in [-0.39, 0.29) is 23.8 Å². The van der Waals surface area contributed by atoms with Crippen LogP contribution < -0.4 is 5.32 Å². The summed E-state index contributed by atoms with van der Waals surface area (Å²) in [6.45, 7) is 8.42. The molecule has 2 aromatic carbocycles. The van der Waals surface area contributed by atoms with E-state index in [1.54, 1.807) is 0 Å². The van der Waals surface area contributed by atoms with E-state index in [9.17, 15) is 9.59 Å². The van der Waals surface area contributed by atoms with Gasteiger partial charge in [0.25, 0.3) is 5.91 Å². The molecule has 0 spiro atoms. The minimum atomic E-state index is -0.164. The van der Waals surface area contributed by atoms with Crippen LogP contribution in [0.4, 0.5) is 5.69 Å². The molecule has 0 unspecified atom stereocenters. The fraction of sp³-hybridized carbons (Fsp3) is 0.483. The normalized spacial score (nSPS) is 17.6. The number of amides is 2. The first kappa shape index (κ1) is 24.5. The van der Waals surface area contributed by atoms with Crippen LogP contribution in [0, 0.1) is 18.8 Å². The Morgan fingerprint density at radius 1 is 1.14 bits per heavy atom. The molecule has 36 heavy (non-hydrogen) atoms. The Balaban J connectivity index is 1.58. The molecule has 1 aliphatic heterocycles. The molecule has 7 heteroatoms. The molecule has 2 aliphatic rings. The SMILES string of the molecule is Cc1nc2cc(NC(=O)C(C)C)cc(C(=O)N(CC3CC3)C[C@H]3CCCO3)c2n1Cc1ccccc1. The molecule has 5 rings (SSSR count). The lowest BCUT2D eigenvalue weighted by Gasteiger charge is -2.26. The molecule has 1 aliphatic carbocycles. The third-order valence-corrected chi connectivity index (χ3v) is 7.15. The van der Waals surface area contributed by atoms with E-state index >= 15 is 0 Å². The van der Waals surface area contributed by atoms with Gasteiger partial charge in [-0.1, -0.05) is 44.2 Å². The minimum absolute atomic E-state index is 0.0164. The molecule has 2 amide bonds. The molecule has 0 radical (unpaired) electrons. The number of carbonyl (C=O) groups excluding carboxylic acids is 2. The lowest BCUT2D eigenvalue weighted by atomic mass is 10.1. The van der Waals surface area contributed by atoms with Gasteiger partial charge in [0.05, 0.1) is 22.7 Å². The predicted molar refractivity (Wildman–Crippen MR) is 141 cm³/mol. The summed E-state index contributed by atoms with van der Waals surface area (Å²) >= 11 is 0. The zero-order valence-corrected chi connectivity index (χ0v) is 21.5. The van der Waals surface area contributed by atoms with Gasteiger partial charge in [0.15, 0.2) is 0 Å². The number of anilines is 1. The quantitative estimate of drug-likeness (QED) is 0.459. The highest BCUT2D eigenvalue weighted by Gasteiger charge is 2.32. The predicted octanol–water partition coefficient (Wildman–Crippen LogP) is 5.02. The van der Waals surface area contributed by atoms with Crippen LogP contribution in [0.5, 0.6) is 0 Å². The van der Waals surface area contributed by atoms with Crippen molar-refractivity contribution in [3.8, 4) is 0 Å². The van der Waals surface area contributed by atoms with Crippen LogP contribution in [0.25, 0.3) is 11.0 Å². The smallest absolute Gasteiger partial charge is 0.256 e. The van der Waals surface area contributed by atoms with Gasteiger partial charge < -0.3 is 19.5 Å². The Kier molecular flexibility index (Phi) is 7.10. The minimum Gasteiger partial charge on any atom is -0.376 e. The van der Waals surface area contributed by atoms with Crippen molar-refractivity contribution in [3.05, 3.63) is 59.4 Å². The summed E-state index contributed by atoms with van der Waals surface area (Å²) in [5.41, 5.74) is 3.87. The molecule has 0 bridgehead atoms. The van der Waals surface area contributed by atoms with E-state index in [0.29, 0.717) is 30.3 Å². The van der Waals surface area contributed by atoms with Crippen molar-refractivity contribution < 1.29 is 14.3 Å². The van der Waals surface area contributed by atoms with Crippen LogP contribution in [-0.2, 0) is 16.1 Å². The number of benzene rings is 2. The Hall–Kier alpha value is -3.19. The first-order chi connectivity index (χ1) is 17.4. The summed E-state index contributed by atoms with van der Waals surface area (Å²) in [7, 11) is 0. The van der Waals surface area contributed by atoms with Crippen molar-refractivity contribution in [2.75, 3.05) is 25.0 Å². The third kappa shape index (κ3) is 5.46. The molecule has 1 aromatic heterocycles. The van der Waals surface area contributed by atoms with Gasteiger partial charge in [-0.05, 0) is 56.2 Å². The van der Waals surface area contributed by atoms with Gasteiger partial charge >= 0.3 is 0 Å². The Morgan fingerprint density at radius 2 is 1.92 bits per heavy atom. The zero-order valence-electron chi connectivity index (χ0n) is 21.5. The maximum Gasteiger partial charge on any atom is 0.256 e. The van der Waals surface area contributed by atoms with E-state index in [1.807, 2.05) is 56.0 Å². The summed E-state index contributed by atoms with van der Waals surface area (Å²) in [6, 6.07) is 13.9. The summed E-state index contributed by atoms with van der Waals surface area (Å²) in [6.07, 6.45) is 4.45. The number of aryl methyl sites for hydroxylation is 1. The van der Waals surface area contributed by atoms with Crippen LogP contribution in [0.1, 0.15) is 61.3 Å². The van der Waals surface area contributed by atoms with E-state index in [4.69, 9.17) is 9.72 Å². The molecule has 1 atom stereocenters. The van der Waals surface area contributed by atoms with E-state index < -0.39 is 0 Å². The fourth-order valence-corrected chi connectivity index (χ4v) is 4.92. The highest BCUT2D eigenvalue weighted by atomic mass is 16.5. The number of hydrogen-bond acceptors (Lipinski definition) is 4. The lowest BCUT2D eigenvalue weighted by molar-refractivity contribution is -0.118. The summed E-state index contributed by atoms with van der Waals surface area (Å²) < 4.78 is 8.02. The van der Waals surface area contributed by atoms with Crippen LogP contribution in [0.15, 0.2) is 42.5 Å². The molecular weight excluding hydrogens is 452 g/mol. The van der Waals surface area contributed by atoms with Crippen LogP contribution in [0.3, 0.4) is 0 Å². The van der Waals surface area contributed by atoms with Gasteiger partial charge in [-0.3, -0.25) is 9.59 Å². The average molecular weight is 489 g/mol. The monoisotopic (exact) mass is 488 g/mol. The molecule has 1 N–H and O–H groups in total. The number of nitrogens with zero attached hydrogens (tertiary/aromatic N) is 3. The van der Waals surface area contributed by atoms with Gasteiger partial charge in [0.2, 0.25) is 5.91 Å². The highest BCUT2D eigenvalue weighted by Crippen LogP contribution is 2.33. The molecular formula is C29H36N4O3. The van der Waals surface area contributed by atoms with Crippen LogP contribution in [0.2, 0.25) is 0 Å². The second-order valence-corrected chi connectivity index (χ2v) is 10.6. The van der Waals surface area contributed by atoms with Gasteiger partial charge in [0.1, 0.15) is 5.82 Å².